The highest BCUT2D eigenvalue weighted by atomic mass is 32.2. The summed E-state index contributed by atoms with van der Waals surface area (Å²) in [6.07, 6.45) is 8.97. The van der Waals surface area contributed by atoms with Gasteiger partial charge in [-0.1, -0.05) is 19.3 Å². The molecule has 20 heavy (non-hydrogen) atoms. The Balaban J connectivity index is 1.91. The van der Waals surface area contributed by atoms with Crippen LogP contribution in [0.15, 0.2) is 23.4 Å². The molecule has 1 aromatic rings. The van der Waals surface area contributed by atoms with Crippen LogP contribution < -0.4 is 5.32 Å². The van der Waals surface area contributed by atoms with Crippen molar-refractivity contribution in [3.8, 4) is 0 Å². The second-order valence-electron chi connectivity index (χ2n) is 5.41. The lowest BCUT2D eigenvalue weighted by Gasteiger charge is -2.20. The number of aromatic nitrogens is 1. The largest absolute Gasteiger partial charge is 0.325 e. The molecule has 1 heterocycles. The van der Waals surface area contributed by atoms with Crippen molar-refractivity contribution >= 4 is 21.4 Å². The van der Waals surface area contributed by atoms with Gasteiger partial charge in [0.05, 0.1) is 11.9 Å². The van der Waals surface area contributed by atoms with E-state index in [0.717, 1.165) is 19.1 Å². The van der Waals surface area contributed by atoms with Crippen molar-refractivity contribution in [2.75, 3.05) is 11.6 Å². The van der Waals surface area contributed by atoms with Gasteiger partial charge >= 0.3 is 0 Å². The van der Waals surface area contributed by atoms with Gasteiger partial charge in [0.25, 0.3) is 0 Å². The van der Waals surface area contributed by atoms with Crippen LogP contribution in [0.25, 0.3) is 0 Å². The second-order valence-corrected chi connectivity index (χ2v) is 7.38. The van der Waals surface area contributed by atoms with Crippen molar-refractivity contribution < 1.29 is 13.2 Å². The highest BCUT2D eigenvalue weighted by molar-refractivity contribution is 7.90. The maximum absolute atomic E-state index is 11.9. The summed E-state index contributed by atoms with van der Waals surface area (Å²) in [5, 5.41) is 2.79. The standard InChI is InChI=1S/C14H20N2O3S/c1-20(18,19)14-8-7-12(10-15-14)16-13(17)9-11-5-3-2-4-6-11/h7-8,10-11H,2-6,9H2,1H3,(H,16,17). The van der Waals surface area contributed by atoms with Crippen molar-refractivity contribution in [1.82, 2.24) is 4.98 Å². The van der Waals surface area contributed by atoms with Crippen LogP contribution in [-0.2, 0) is 14.6 Å². The Bertz CT molecular complexity index is 561. The normalized spacial score (nSPS) is 16.9. The van der Waals surface area contributed by atoms with Crippen LogP contribution in [-0.4, -0.2) is 25.6 Å². The van der Waals surface area contributed by atoms with Crippen LogP contribution in [0.3, 0.4) is 0 Å². The Morgan fingerprint density at radius 1 is 1.30 bits per heavy atom. The predicted octanol–water partition coefficient (Wildman–Crippen LogP) is 2.39. The number of pyridine rings is 1. The van der Waals surface area contributed by atoms with Crippen molar-refractivity contribution in [3.05, 3.63) is 18.3 Å². The molecule has 0 aliphatic heterocycles. The number of amides is 1. The zero-order valence-corrected chi connectivity index (χ0v) is 12.4. The van der Waals surface area contributed by atoms with Crippen molar-refractivity contribution in [2.24, 2.45) is 5.92 Å². The third-order valence-electron chi connectivity index (χ3n) is 3.60. The molecule has 0 unspecified atom stereocenters. The van der Waals surface area contributed by atoms with E-state index >= 15 is 0 Å². The molecule has 1 N–H and O–H groups in total. The third kappa shape index (κ3) is 4.30. The maximum Gasteiger partial charge on any atom is 0.224 e. The van der Waals surface area contributed by atoms with Gasteiger partial charge in [0, 0.05) is 12.7 Å². The zero-order valence-electron chi connectivity index (χ0n) is 11.6. The summed E-state index contributed by atoms with van der Waals surface area (Å²) in [6.45, 7) is 0. The van der Waals surface area contributed by atoms with Gasteiger partial charge < -0.3 is 5.32 Å². The van der Waals surface area contributed by atoms with Crippen molar-refractivity contribution in [3.63, 3.8) is 0 Å². The molecule has 0 spiro atoms. The fourth-order valence-corrected chi connectivity index (χ4v) is 3.10. The average Bonchev–Trinajstić information content (AvgIpc) is 2.39. The molecular weight excluding hydrogens is 276 g/mol. The molecule has 1 aromatic heterocycles. The first-order valence-electron chi connectivity index (χ1n) is 6.91. The topological polar surface area (TPSA) is 76.1 Å². The molecule has 1 aliphatic rings. The van der Waals surface area contributed by atoms with Gasteiger partial charge in [0.15, 0.2) is 14.9 Å². The highest BCUT2D eigenvalue weighted by Gasteiger charge is 2.17. The summed E-state index contributed by atoms with van der Waals surface area (Å²) in [5.41, 5.74) is 0.540. The minimum atomic E-state index is -3.29. The summed E-state index contributed by atoms with van der Waals surface area (Å²) >= 11 is 0. The summed E-state index contributed by atoms with van der Waals surface area (Å²) in [7, 11) is -3.29. The van der Waals surface area contributed by atoms with Gasteiger partial charge in [-0.15, -0.1) is 0 Å². The first-order chi connectivity index (χ1) is 9.45. The van der Waals surface area contributed by atoms with E-state index in [1.165, 1.54) is 31.5 Å². The van der Waals surface area contributed by atoms with E-state index in [-0.39, 0.29) is 10.9 Å². The quantitative estimate of drug-likeness (QED) is 0.925. The molecule has 0 bridgehead atoms. The molecule has 2 rings (SSSR count). The summed E-state index contributed by atoms with van der Waals surface area (Å²) < 4.78 is 22.6. The summed E-state index contributed by atoms with van der Waals surface area (Å²) in [5.74, 6) is 0.456. The number of hydrogen-bond acceptors (Lipinski definition) is 4. The van der Waals surface area contributed by atoms with Gasteiger partial charge in [0.2, 0.25) is 5.91 Å². The molecule has 110 valence electrons. The van der Waals surface area contributed by atoms with Crippen LogP contribution in [0.4, 0.5) is 5.69 Å². The molecule has 6 heteroatoms. The van der Waals surface area contributed by atoms with E-state index in [1.807, 2.05) is 0 Å². The van der Waals surface area contributed by atoms with Crippen LogP contribution in [0, 0.1) is 5.92 Å². The Morgan fingerprint density at radius 2 is 2.00 bits per heavy atom. The zero-order chi connectivity index (χ0) is 14.6. The SMILES string of the molecule is CS(=O)(=O)c1ccc(NC(=O)CC2CCCCC2)cn1. The summed E-state index contributed by atoms with van der Waals surface area (Å²) in [4.78, 5) is 15.8. The van der Waals surface area contributed by atoms with E-state index in [2.05, 4.69) is 10.3 Å². The number of nitrogens with one attached hydrogen (secondary N) is 1. The molecule has 5 nitrogen and oxygen atoms in total. The first-order valence-corrected chi connectivity index (χ1v) is 8.80. The van der Waals surface area contributed by atoms with Gasteiger partial charge in [-0.3, -0.25) is 4.79 Å². The number of nitrogens with zero attached hydrogens (tertiary/aromatic N) is 1. The van der Waals surface area contributed by atoms with E-state index < -0.39 is 9.84 Å². The second kappa shape index (κ2) is 6.35. The maximum atomic E-state index is 11.9. The number of sulfone groups is 1. The van der Waals surface area contributed by atoms with Crippen molar-refractivity contribution in [2.45, 2.75) is 43.6 Å². The van der Waals surface area contributed by atoms with Crippen molar-refractivity contribution in [1.29, 1.82) is 0 Å². The number of carbonyl (C=O) groups excluding carboxylic acids is 1. The number of carbonyl (C=O) groups is 1. The molecule has 0 radical (unpaired) electrons. The average molecular weight is 296 g/mol. The third-order valence-corrected chi connectivity index (χ3v) is 4.60. The van der Waals surface area contributed by atoms with Crippen LogP contribution in [0.1, 0.15) is 38.5 Å². The van der Waals surface area contributed by atoms with Crippen LogP contribution in [0.5, 0.6) is 0 Å². The van der Waals surface area contributed by atoms with E-state index in [1.54, 1.807) is 6.07 Å². The molecule has 0 atom stereocenters. The molecule has 1 aliphatic carbocycles. The molecule has 0 saturated heterocycles. The number of anilines is 1. The van der Waals surface area contributed by atoms with Gasteiger partial charge in [0.1, 0.15) is 0 Å². The Hall–Kier alpha value is -1.43. The Morgan fingerprint density at radius 3 is 2.55 bits per heavy atom. The van der Waals surface area contributed by atoms with E-state index in [0.29, 0.717) is 18.0 Å². The lowest BCUT2D eigenvalue weighted by atomic mass is 9.87. The molecule has 1 amide bonds. The smallest absolute Gasteiger partial charge is 0.224 e. The monoisotopic (exact) mass is 296 g/mol. The van der Waals surface area contributed by atoms with Gasteiger partial charge in [-0.25, -0.2) is 13.4 Å². The fourth-order valence-electron chi connectivity index (χ4n) is 2.54. The molecule has 1 saturated carbocycles. The molecule has 1 fully saturated rings. The molecular formula is C14H20N2O3S. The Labute approximate surface area is 119 Å². The Kier molecular flexibility index (Phi) is 4.75. The highest BCUT2D eigenvalue weighted by Crippen LogP contribution is 2.26. The number of hydrogen-bond donors (Lipinski definition) is 1. The minimum absolute atomic E-state index is 0.0165. The lowest BCUT2D eigenvalue weighted by Crippen LogP contribution is -2.18. The summed E-state index contributed by atoms with van der Waals surface area (Å²) in [6, 6.07) is 2.98. The van der Waals surface area contributed by atoms with E-state index in [9.17, 15) is 13.2 Å². The van der Waals surface area contributed by atoms with Crippen LogP contribution >= 0.6 is 0 Å². The van der Waals surface area contributed by atoms with Gasteiger partial charge in [-0.2, -0.15) is 0 Å². The van der Waals surface area contributed by atoms with Gasteiger partial charge in [-0.05, 0) is 30.9 Å². The van der Waals surface area contributed by atoms with Crippen LogP contribution in [0.2, 0.25) is 0 Å². The number of rotatable bonds is 4. The first kappa shape index (κ1) is 15.0. The fraction of sp³-hybridized carbons (Fsp3) is 0.571. The predicted molar refractivity (Wildman–Crippen MR) is 77.2 cm³/mol. The molecule has 0 aromatic carbocycles. The van der Waals surface area contributed by atoms with E-state index in [4.69, 9.17) is 0 Å². The minimum Gasteiger partial charge on any atom is -0.325 e. The lowest BCUT2D eigenvalue weighted by molar-refractivity contribution is -0.117.